The molecule has 1 atom stereocenters. The quantitative estimate of drug-likeness (QED) is 0.345. The van der Waals surface area contributed by atoms with E-state index in [0.717, 1.165) is 6.42 Å². The van der Waals surface area contributed by atoms with Crippen molar-refractivity contribution in [3.63, 3.8) is 0 Å². The third-order valence-electron chi connectivity index (χ3n) is 2.44. The number of hydrogen-bond acceptors (Lipinski definition) is 0. The van der Waals surface area contributed by atoms with Crippen LogP contribution in [0.3, 0.4) is 0 Å². The van der Waals surface area contributed by atoms with Crippen LogP contribution < -0.4 is 17.0 Å². The first-order valence-corrected chi connectivity index (χ1v) is 5.98. The van der Waals surface area contributed by atoms with Gasteiger partial charge in [0.25, 0.3) is 0 Å². The summed E-state index contributed by atoms with van der Waals surface area (Å²) in [4.78, 5) is 0. The van der Waals surface area contributed by atoms with E-state index in [4.69, 9.17) is 0 Å². The van der Waals surface area contributed by atoms with Crippen LogP contribution in [0.1, 0.15) is 46.5 Å². The van der Waals surface area contributed by atoms with Crippen LogP contribution in [0, 0.1) is 5.92 Å². The van der Waals surface area contributed by atoms with E-state index < -0.39 is 0 Å². The van der Waals surface area contributed by atoms with Crippen LogP contribution in [-0.4, -0.2) is 23.9 Å². The highest BCUT2D eigenvalue weighted by atomic mass is 79.9. The lowest BCUT2D eigenvalue weighted by atomic mass is 10.0. The average molecular weight is 276 g/mol. The Labute approximate surface area is 106 Å². The molecule has 0 fully saturated rings. The maximum Gasteiger partial charge on any atom is 0.143 e. The van der Waals surface area contributed by atoms with Gasteiger partial charge < -0.3 is 17.0 Å². The number of hydrogen-bond donors (Lipinski definition) is 0. The minimum absolute atomic E-state index is 0. The molecule has 15 heavy (non-hydrogen) atoms. The second-order valence-corrected chi connectivity index (χ2v) is 3.88. The molecule has 0 aromatic carbocycles. The molecule has 0 heterocycles. The molecule has 0 amide bonds. The molecule has 0 aliphatic rings. The lowest BCUT2D eigenvalue weighted by molar-refractivity contribution is -0.525. The smallest absolute Gasteiger partial charge is 0.143 e. The number of nitrogens with zero attached hydrogens (tertiary/aromatic N) is 1. The van der Waals surface area contributed by atoms with E-state index >= 15 is 0 Å². The number of halogens is 1. The standard InChI is InChI=1S/C13H26N.BrH/c1-5-9-13(8-4)12-14(10-6-2)11-7-3;/h5,12-13H,1,6-11H2,2-4H3;1H/q+1;/p-1. The largest absolute Gasteiger partial charge is 1.00 e. The van der Waals surface area contributed by atoms with Gasteiger partial charge in [0.15, 0.2) is 0 Å². The summed E-state index contributed by atoms with van der Waals surface area (Å²) in [6.45, 7) is 12.9. The molecular formula is C13H26BrN. The van der Waals surface area contributed by atoms with Crippen LogP contribution in [-0.2, 0) is 0 Å². The first-order valence-electron chi connectivity index (χ1n) is 5.98. The van der Waals surface area contributed by atoms with Gasteiger partial charge in [0.2, 0.25) is 0 Å². The highest BCUT2D eigenvalue weighted by Crippen LogP contribution is 2.05. The number of allylic oxidation sites excluding steroid dienone is 1. The summed E-state index contributed by atoms with van der Waals surface area (Å²) < 4.78 is 2.47. The van der Waals surface area contributed by atoms with Crippen molar-refractivity contribution in [2.24, 2.45) is 5.92 Å². The van der Waals surface area contributed by atoms with Crippen molar-refractivity contribution < 1.29 is 21.6 Å². The highest BCUT2D eigenvalue weighted by molar-refractivity contribution is 5.55. The molecule has 0 N–H and O–H groups in total. The van der Waals surface area contributed by atoms with Crippen LogP contribution in [0.4, 0.5) is 0 Å². The maximum atomic E-state index is 3.81. The zero-order valence-corrected chi connectivity index (χ0v) is 12.1. The van der Waals surface area contributed by atoms with Crippen LogP contribution in [0.2, 0.25) is 0 Å². The van der Waals surface area contributed by atoms with Crippen LogP contribution in [0.5, 0.6) is 0 Å². The summed E-state index contributed by atoms with van der Waals surface area (Å²) in [5.74, 6) is 0.686. The van der Waals surface area contributed by atoms with Crippen molar-refractivity contribution >= 4 is 6.21 Å². The summed E-state index contributed by atoms with van der Waals surface area (Å²) in [5, 5.41) is 0. The van der Waals surface area contributed by atoms with Crippen molar-refractivity contribution in [1.82, 2.24) is 0 Å². The summed E-state index contributed by atoms with van der Waals surface area (Å²) in [5.41, 5.74) is 0. The van der Waals surface area contributed by atoms with Gasteiger partial charge in [-0.25, -0.2) is 4.58 Å². The molecule has 2 heteroatoms. The fourth-order valence-corrected chi connectivity index (χ4v) is 1.68. The topological polar surface area (TPSA) is 3.01 Å². The second-order valence-electron chi connectivity index (χ2n) is 3.88. The lowest BCUT2D eigenvalue weighted by Crippen LogP contribution is -3.00. The fraction of sp³-hybridized carbons (Fsp3) is 0.769. The normalized spacial score (nSPS) is 11.4. The first-order chi connectivity index (χ1) is 6.78. The van der Waals surface area contributed by atoms with Crippen LogP contribution >= 0.6 is 0 Å². The molecule has 0 aromatic rings. The minimum atomic E-state index is 0. The lowest BCUT2D eigenvalue weighted by Gasteiger charge is -2.07. The van der Waals surface area contributed by atoms with Crippen LogP contribution in [0.25, 0.3) is 0 Å². The monoisotopic (exact) mass is 275 g/mol. The molecule has 0 aromatic heterocycles. The van der Waals surface area contributed by atoms with Crippen molar-refractivity contribution in [2.45, 2.75) is 46.5 Å². The molecule has 0 bridgehead atoms. The van der Waals surface area contributed by atoms with Crippen molar-refractivity contribution in [2.75, 3.05) is 13.1 Å². The Kier molecular flexibility index (Phi) is 13.8. The molecule has 0 rings (SSSR count). The van der Waals surface area contributed by atoms with Gasteiger partial charge in [0.05, 0.1) is 0 Å². The summed E-state index contributed by atoms with van der Waals surface area (Å²) in [6.07, 6.45) is 9.24. The Hall–Kier alpha value is -0.110. The molecule has 0 aliphatic carbocycles. The van der Waals surface area contributed by atoms with Gasteiger partial charge in [-0.1, -0.05) is 26.8 Å². The predicted molar refractivity (Wildman–Crippen MR) is 65.2 cm³/mol. The second kappa shape index (κ2) is 12.0. The number of rotatable bonds is 8. The summed E-state index contributed by atoms with van der Waals surface area (Å²) >= 11 is 0. The van der Waals surface area contributed by atoms with Gasteiger partial charge in [-0.3, -0.25) is 0 Å². The molecule has 0 saturated heterocycles. The van der Waals surface area contributed by atoms with E-state index in [1.165, 1.54) is 32.4 Å². The summed E-state index contributed by atoms with van der Waals surface area (Å²) in [7, 11) is 0. The third kappa shape index (κ3) is 8.86. The summed E-state index contributed by atoms with van der Waals surface area (Å²) in [6, 6.07) is 0. The van der Waals surface area contributed by atoms with Crippen molar-refractivity contribution in [1.29, 1.82) is 0 Å². The van der Waals surface area contributed by atoms with Crippen molar-refractivity contribution in [3.05, 3.63) is 12.7 Å². The van der Waals surface area contributed by atoms with E-state index in [2.05, 4.69) is 38.1 Å². The average Bonchev–Trinajstić information content (AvgIpc) is 2.18. The fourth-order valence-electron chi connectivity index (χ4n) is 1.68. The first kappa shape index (κ1) is 17.3. The Morgan fingerprint density at radius 1 is 1.13 bits per heavy atom. The minimum Gasteiger partial charge on any atom is -1.00 e. The van der Waals surface area contributed by atoms with Gasteiger partial charge in [-0.05, 0) is 12.8 Å². The predicted octanol–water partition coefficient (Wildman–Crippen LogP) is 0.496. The van der Waals surface area contributed by atoms with Gasteiger partial charge in [-0.15, -0.1) is 6.58 Å². The van der Waals surface area contributed by atoms with Gasteiger partial charge in [0, 0.05) is 18.8 Å². The third-order valence-corrected chi connectivity index (χ3v) is 2.44. The molecule has 0 saturated carbocycles. The Morgan fingerprint density at radius 2 is 1.67 bits per heavy atom. The molecule has 0 radical (unpaired) electrons. The molecule has 0 aliphatic heterocycles. The Morgan fingerprint density at radius 3 is 2.00 bits per heavy atom. The van der Waals surface area contributed by atoms with Crippen LogP contribution in [0.15, 0.2) is 12.7 Å². The molecule has 0 spiro atoms. The molecule has 1 nitrogen and oxygen atoms in total. The van der Waals surface area contributed by atoms with E-state index in [9.17, 15) is 0 Å². The molecule has 90 valence electrons. The SMILES string of the molecule is C=CCC(C=[N+](CCC)CCC)CC.[Br-]. The van der Waals surface area contributed by atoms with E-state index in [1.807, 2.05) is 6.08 Å². The Bertz CT molecular complexity index is 167. The zero-order chi connectivity index (χ0) is 10.8. The van der Waals surface area contributed by atoms with E-state index in [-0.39, 0.29) is 17.0 Å². The molecular weight excluding hydrogens is 250 g/mol. The zero-order valence-electron chi connectivity index (χ0n) is 10.5. The van der Waals surface area contributed by atoms with Gasteiger partial charge in [-0.2, -0.15) is 0 Å². The van der Waals surface area contributed by atoms with Gasteiger partial charge >= 0.3 is 0 Å². The maximum absolute atomic E-state index is 3.81. The van der Waals surface area contributed by atoms with E-state index in [1.54, 1.807) is 0 Å². The van der Waals surface area contributed by atoms with Gasteiger partial charge in [0.1, 0.15) is 19.3 Å². The Balaban J connectivity index is 0. The molecule has 1 unspecified atom stereocenters. The van der Waals surface area contributed by atoms with Crippen molar-refractivity contribution in [3.8, 4) is 0 Å². The highest BCUT2D eigenvalue weighted by Gasteiger charge is 2.08. The van der Waals surface area contributed by atoms with E-state index in [0.29, 0.717) is 5.92 Å².